The Morgan fingerprint density at radius 2 is 1.14 bits per heavy atom. The number of sulfone groups is 1. The molecule has 0 aromatic heterocycles. The van der Waals surface area contributed by atoms with E-state index in [4.69, 9.17) is 0 Å². The molecule has 0 aliphatic heterocycles. The summed E-state index contributed by atoms with van der Waals surface area (Å²) in [5, 5.41) is 16.0. The van der Waals surface area contributed by atoms with Gasteiger partial charge in [-0.25, -0.2) is 8.42 Å². The maximum Gasteiger partial charge on any atom is 0.269 e. The molecule has 0 N–H and O–H groups in total. The van der Waals surface area contributed by atoms with Gasteiger partial charge >= 0.3 is 0 Å². The Morgan fingerprint density at radius 1 is 0.583 bits per heavy atom. The average molecular weight is 490 g/mol. The molecule has 6 aromatic carbocycles. The van der Waals surface area contributed by atoms with Crippen molar-refractivity contribution in [3.05, 3.63) is 125 Å². The lowest BCUT2D eigenvalue weighted by Crippen LogP contribution is -2.05. The van der Waals surface area contributed by atoms with Crippen LogP contribution in [0.25, 0.3) is 43.4 Å². The van der Waals surface area contributed by atoms with Gasteiger partial charge in [0.15, 0.2) is 0 Å². The lowest BCUT2D eigenvalue weighted by atomic mass is 9.90. The fraction of sp³-hybridized carbons (Fsp3) is 0. The number of nitro groups is 1. The van der Waals surface area contributed by atoms with E-state index in [1.54, 1.807) is 0 Å². The Labute approximate surface area is 207 Å². The minimum atomic E-state index is -4.02. The van der Waals surface area contributed by atoms with Gasteiger partial charge in [-0.05, 0) is 56.9 Å². The van der Waals surface area contributed by atoms with Crippen molar-refractivity contribution >= 4 is 47.8 Å². The fourth-order valence-electron chi connectivity index (χ4n) is 4.89. The van der Waals surface area contributed by atoms with E-state index < -0.39 is 14.8 Å². The summed E-state index contributed by atoms with van der Waals surface area (Å²) in [6.07, 6.45) is 0. The van der Waals surface area contributed by atoms with Crippen LogP contribution in [0.3, 0.4) is 0 Å². The minimum Gasteiger partial charge on any atom is -0.258 e. The van der Waals surface area contributed by atoms with Gasteiger partial charge < -0.3 is 0 Å². The lowest BCUT2D eigenvalue weighted by Gasteiger charge is -2.18. The highest BCUT2D eigenvalue weighted by Gasteiger charge is 2.27. The molecule has 0 atom stereocenters. The van der Waals surface area contributed by atoms with Gasteiger partial charge in [-0.1, -0.05) is 78.9 Å². The number of nitrogens with zero attached hydrogens (tertiary/aromatic N) is 1. The van der Waals surface area contributed by atoms with Crippen LogP contribution in [0.4, 0.5) is 5.69 Å². The molecule has 0 fully saturated rings. The Balaban J connectivity index is 1.79. The third-order valence-electron chi connectivity index (χ3n) is 6.53. The van der Waals surface area contributed by atoms with Gasteiger partial charge in [0.2, 0.25) is 9.84 Å². The van der Waals surface area contributed by atoms with E-state index in [0.29, 0.717) is 10.8 Å². The lowest BCUT2D eigenvalue weighted by molar-refractivity contribution is -0.384. The quantitative estimate of drug-likeness (QED) is 0.145. The Hall–Kier alpha value is -4.55. The molecule has 0 bridgehead atoms. The van der Waals surface area contributed by atoms with E-state index in [9.17, 15) is 18.5 Å². The highest BCUT2D eigenvalue weighted by atomic mass is 32.2. The van der Waals surface area contributed by atoms with Crippen molar-refractivity contribution in [2.45, 2.75) is 9.79 Å². The fourth-order valence-corrected chi connectivity index (χ4v) is 6.55. The molecule has 0 aliphatic rings. The SMILES string of the molecule is O=[N+]([O-])c1ccc(S(=O)(=O)c2c3ccccc3c(-c3ccccc3)c3cc4ccccc4cc23)cc1. The van der Waals surface area contributed by atoms with Crippen molar-refractivity contribution in [1.82, 2.24) is 0 Å². The van der Waals surface area contributed by atoms with Crippen LogP contribution >= 0.6 is 0 Å². The average Bonchev–Trinajstić information content (AvgIpc) is 2.91. The normalized spacial score (nSPS) is 11.8. The van der Waals surface area contributed by atoms with Crippen LogP contribution < -0.4 is 0 Å². The standard InChI is InChI=1S/C30H19NO4S/c32-31(33)23-14-16-24(17-15-23)36(34,35)30-26-13-7-6-12-25(26)29(20-8-2-1-3-9-20)27-18-21-10-4-5-11-22(21)19-28(27)30/h1-19H. The van der Waals surface area contributed by atoms with E-state index in [-0.39, 0.29) is 15.5 Å². The first-order valence-electron chi connectivity index (χ1n) is 11.4. The zero-order valence-electron chi connectivity index (χ0n) is 19.0. The minimum absolute atomic E-state index is 0.0140. The summed E-state index contributed by atoms with van der Waals surface area (Å²) in [4.78, 5) is 10.8. The summed E-state index contributed by atoms with van der Waals surface area (Å²) in [6, 6.07) is 34.4. The maximum absolute atomic E-state index is 14.2. The van der Waals surface area contributed by atoms with Crippen molar-refractivity contribution in [2.24, 2.45) is 0 Å². The molecule has 0 saturated carbocycles. The predicted octanol–water partition coefficient (Wildman–Crippen LogP) is 7.55. The summed E-state index contributed by atoms with van der Waals surface area (Å²) in [7, 11) is -4.02. The first-order valence-corrected chi connectivity index (χ1v) is 12.9. The van der Waals surface area contributed by atoms with Crippen LogP contribution in [0.15, 0.2) is 125 Å². The molecule has 0 radical (unpaired) electrons. The van der Waals surface area contributed by atoms with Gasteiger partial charge in [-0.2, -0.15) is 0 Å². The van der Waals surface area contributed by atoms with Crippen LogP contribution in [0.1, 0.15) is 0 Å². The third-order valence-corrected chi connectivity index (χ3v) is 8.40. The maximum atomic E-state index is 14.2. The molecule has 0 unspecified atom stereocenters. The number of fused-ring (bicyclic) bond motifs is 3. The summed E-state index contributed by atoms with van der Waals surface area (Å²) in [5.74, 6) is 0. The second kappa shape index (κ2) is 8.29. The Kier molecular flexibility index (Phi) is 5.05. The first-order chi connectivity index (χ1) is 17.4. The van der Waals surface area contributed by atoms with Crippen molar-refractivity contribution in [3.8, 4) is 11.1 Å². The second-order valence-corrected chi connectivity index (χ2v) is 10.5. The second-order valence-electron chi connectivity index (χ2n) is 8.62. The molecule has 174 valence electrons. The van der Waals surface area contributed by atoms with Gasteiger partial charge in [0.1, 0.15) is 0 Å². The van der Waals surface area contributed by atoms with Crippen LogP contribution in [0, 0.1) is 10.1 Å². The number of benzene rings is 6. The van der Waals surface area contributed by atoms with E-state index in [1.807, 2.05) is 91.0 Å². The highest BCUT2D eigenvalue weighted by molar-refractivity contribution is 7.92. The van der Waals surface area contributed by atoms with E-state index >= 15 is 0 Å². The zero-order valence-corrected chi connectivity index (χ0v) is 19.8. The van der Waals surface area contributed by atoms with Gasteiger partial charge in [0, 0.05) is 22.9 Å². The third kappa shape index (κ3) is 3.42. The van der Waals surface area contributed by atoms with Crippen LogP contribution in [-0.2, 0) is 9.84 Å². The van der Waals surface area contributed by atoms with E-state index in [2.05, 4.69) is 0 Å². The molecular formula is C30H19NO4S. The molecule has 0 aliphatic carbocycles. The Bertz CT molecular complexity index is 1910. The number of hydrogen-bond donors (Lipinski definition) is 0. The predicted molar refractivity (Wildman–Crippen MR) is 143 cm³/mol. The molecule has 6 heteroatoms. The first kappa shape index (κ1) is 21.9. The number of nitro benzene ring substituents is 1. The van der Waals surface area contributed by atoms with Crippen LogP contribution in [0.5, 0.6) is 0 Å². The molecule has 0 amide bonds. The zero-order chi connectivity index (χ0) is 24.9. The molecule has 36 heavy (non-hydrogen) atoms. The van der Waals surface area contributed by atoms with Crippen molar-refractivity contribution in [3.63, 3.8) is 0 Å². The van der Waals surface area contributed by atoms with Crippen molar-refractivity contribution in [1.29, 1.82) is 0 Å². The molecule has 6 aromatic rings. The largest absolute Gasteiger partial charge is 0.269 e. The van der Waals surface area contributed by atoms with Gasteiger partial charge in [0.05, 0.1) is 14.7 Å². The van der Waals surface area contributed by atoms with Gasteiger partial charge in [0.25, 0.3) is 5.69 Å². The van der Waals surface area contributed by atoms with Crippen molar-refractivity contribution < 1.29 is 13.3 Å². The van der Waals surface area contributed by atoms with E-state index in [0.717, 1.165) is 32.7 Å². The van der Waals surface area contributed by atoms with Crippen LogP contribution in [0.2, 0.25) is 0 Å². The Morgan fingerprint density at radius 3 is 1.78 bits per heavy atom. The highest BCUT2D eigenvalue weighted by Crippen LogP contribution is 2.44. The number of non-ortho nitro benzene ring substituents is 1. The molecular weight excluding hydrogens is 470 g/mol. The summed E-state index contributed by atoms with van der Waals surface area (Å²) in [5.41, 5.74) is 1.80. The van der Waals surface area contributed by atoms with Gasteiger partial charge in [-0.15, -0.1) is 0 Å². The summed E-state index contributed by atoms with van der Waals surface area (Å²) >= 11 is 0. The van der Waals surface area contributed by atoms with Crippen LogP contribution in [-0.4, -0.2) is 13.3 Å². The number of hydrogen-bond acceptors (Lipinski definition) is 4. The molecule has 0 saturated heterocycles. The molecule has 5 nitrogen and oxygen atoms in total. The summed E-state index contributed by atoms with van der Waals surface area (Å²) < 4.78 is 28.3. The smallest absolute Gasteiger partial charge is 0.258 e. The molecule has 0 spiro atoms. The number of rotatable bonds is 4. The molecule has 6 rings (SSSR count). The topological polar surface area (TPSA) is 77.3 Å². The monoisotopic (exact) mass is 489 g/mol. The summed E-state index contributed by atoms with van der Waals surface area (Å²) in [6.45, 7) is 0. The molecule has 0 heterocycles. The van der Waals surface area contributed by atoms with Crippen molar-refractivity contribution in [2.75, 3.05) is 0 Å². The van der Waals surface area contributed by atoms with E-state index in [1.165, 1.54) is 24.3 Å². The van der Waals surface area contributed by atoms with Gasteiger partial charge in [-0.3, -0.25) is 10.1 Å².